The SMILES string of the molecule is CC(C)c1ccc(-c2csc(/C(C#N)=C/c3ccco3)n2)cc1. The summed E-state index contributed by atoms with van der Waals surface area (Å²) in [4.78, 5) is 4.59. The summed E-state index contributed by atoms with van der Waals surface area (Å²) in [7, 11) is 0. The van der Waals surface area contributed by atoms with Gasteiger partial charge in [0.25, 0.3) is 0 Å². The minimum atomic E-state index is 0.509. The van der Waals surface area contributed by atoms with Gasteiger partial charge < -0.3 is 4.42 Å². The molecular formula is C19H16N2OS. The molecule has 0 aliphatic heterocycles. The fourth-order valence-corrected chi connectivity index (χ4v) is 3.02. The Morgan fingerprint density at radius 3 is 2.65 bits per heavy atom. The molecule has 0 aliphatic rings. The molecule has 23 heavy (non-hydrogen) atoms. The number of nitrogens with zero attached hydrogens (tertiary/aromatic N) is 2. The molecule has 2 heterocycles. The predicted molar refractivity (Wildman–Crippen MR) is 93.8 cm³/mol. The zero-order valence-electron chi connectivity index (χ0n) is 13.0. The van der Waals surface area contributed by atoms with Crippen molar-refractivity contribution in [3.63, 3.8) is 0 Å². The highest BCUT2D eigenvalue weighted by molar-refractivity contribution is 7.11. The van der Waals surface area contributed by atoms with E-state index < -0.39 is 0 Å². The van der Waals surface area contributed by atoms with Crippen molar-refractivity contribution in [3.8, 4) is 17.3 Å². The maximum Gasteiger partial charge on any atom is 0.134 e. The number of hydrogen-bond donors (Lipinski definition) is 0. The van der Waals surface area contributed by atoms with Gasteiger partial charge in [0.05, 0.1) is 17.5 Å². The van der Waals surface area contributed by atoms with Crippen LogP contribution in [0.4, 0.5) is 0 Å². The summed E-state index contributed by atoms with van der Waals surface area (Å²) < 4.78 is 5.26. The monoisotopic (exact) mass is 320 g/mol. The van der Waals surface area contributed by atoms with E-state index >= 15 is 0 Å². The molecule has 0 spiro atoms. The fourth-order valence-electron chi connectivity index (χ4n) is 2.23. The lowest BCUT2D eigenvalue weighted by Gasteiger charge is -2.05. The Kier molecular flexibility index (Phi) is 4.40. The molecule has 2 aromatic heterocycles. The van der Waals surface area contributed by atoms with Crippen LogP contribution in [0.1, 0.15) is 36.1 Å². The average molecular weight is 320 g/mol. The van der Waals surface area contributed by atoms with Crippen LogP contribution in [0.25, 0.3) is 22.9 Å². The van der Waals surface area contributed by atoms with E-state index in [1.54, 1.807) is 18.4 Å². The largest absolute Gasteiger partial charge is 0.465 e. The van der Waals surface area contributed by atoms with Gasteiger partial charge in [-0.2, -0.15) is 5.26 Å². The van der Waals surface area contributed by atoms with E-state index in [-0.39, 0.29) is 0 Å². The van der Waals surface area contributed by atoms with E-state index in [0.717, 1.165) is 11.3 Å². The van der Waals surface area contributed by atoms with E-state index in [1.807, 2.05) is 11.4 Å². The van der Waals surface area contributed by atoms with E-state index in [2.05, 4.69) is 49.2 Å². The summed E-state index contributed by atoms with van der Waals surface area (Å²) in [6.45, 7) is 4.35. The molecule has 3 rings (SSSR count). The summed E-state index contributed by atoms with van der Waals surface area (Å²) >= 11 is 1.47. The van der Waals surface area contributed by atoms with Crippen LogP contribution in [0.3, 0.4) is 0 Å². The van der Waals surface area contributed by atoms with E-state index in [9.17, 15) is 5.26 Å². The lowest BCUT2D eigenvalue weighted by Crippen LogP contribution is -1.87. The highest BCUT2D eigenvalue weighted by atomic mass is 32.1. The zero-order valence-corrected chi connectivity index (χ0v) is 13.8. The van der Waals surface area contributed by atoms with E-state index in [1.165, 1.54) is 16.9 Å². The van der Waals surface area contributed by atoms with E-state index in [0.29, 0.717) is 22.3 Å². The van der Waals surface area contributed by atoms with Gasteiger partial charge >= 0.3 is 0 Å². The first-order chi connectivity index (χ1) is 11.2. The van der Waals surface area contributed by atoms with Crippen LogP contribution in [0.15, 0.2) is 52.5 Å². The van der Waals surface area contributed by atoms with Crippen LogP contribution in [-0.2, 0) is 0 Å². The molecule has 1 aromatic carbocycles. The van der Waals surface area contributed by atoms with Gasteiger partial charge in [0.1, 0.15) is 16.8 Å². The molecular weight excluding hydrogens is 304 g/mol. The number of thiazole rings is 1. The summed E-state index contributed by atoms with van der Waals surface area (Å²) in [5, 5.41) is 12.0. The van der Waals surface area contributed by atoms with Crippen LogP contribution in [-0.4, -0.2) is 4.98 Å². The van der Waals surface area contributed by atoms with Crippen molar-refractivity contribution in [2.24, 2.45) is 0 Å². The Hall–Kier alpha value is -2.64. The second-order valence-electron chi connectivity index (χ2n) is 5.50. The molecule has 114 valence electrons. The molecule has 0 fully saturated rings. The molecule has 0 amide bonds. The Balaban J connectivity index is 1.89. The van der Waals surface area contributed by atoms with Crippen molar-refractivity contribution in [3.05, 3.63) is 64.4 Å². The molecule has 0 N–H and O–H groups in total. The molecule has 0 aliphatic carbocycles. The molecule has 0 saturated carbocycles. The number of rotatable bonds is 4. The topological polar surface area (TPSA) is 49.8 Å². The first kappa shape index (κ1) is 15.3. The van der Waals surface area contributed by atoms with Crippen molar-refractivity contribution >= 4 is 23.0 Å². The highest BCUT2D eigenvalue weighted by Gasteiger charge is 2.10. The number of hydrogen-bond acceptors (Lipinski definition) is 4. The third-order valence-corrected chi connectivity index (χ3v) is 4.43. The molecule has 0 radical (unpaired) electrons. The maximum atomic E-state index is 9.36. The van der Waals surface area contributed by atoms with E-state index in [4.69, 9.17) is 4.42 Å². The lowest BCUT2D eigenvalue weighted by molar-refractivity contribution is 0.557. The molecule has 0 saturated heterocycles. The number of allylic oxidation sites excluding steroid dienone is 1. The molecule has 0 bridgehead atoms. The van der Waals surface area contributed by atoms with Crippen LogP contribution in [0.2, 0.25) is 0 Å². The highest BCUT2D eigenvalue weighted by Crippen LogP contribution is 2.28. The van der Waals surface area contributed by atoms with Crippen molar-refractivity contribution in [1.82, 2.24) is 4.98 Å². The zero-order chi connectivity index (χ0) is 16.2. The third-order valence-electron chi connectivity index (χ3n) is 3.56. The predicted octanol–water partition coefficient (Wildman–Crippen LogP) is 5.59. The normalized spacial score (nSPS) is 11.7. The van der Waals surface area contributed by atoms with Gasteiger partial charge in [-0.15, -0.1) is 11.3 Å². The second kappa shape index (κ2) is 6.64. The number of nitriles is 1. The summed E-state index contributed by atoms with van der Waals surface area (Å²) in [6.07, 6.45) is 3.30. The van der Waals surface area contributed by atoms with Crippen LogP contribution < -0.4 is 0 Å². The molecule has 3 nitrogen and oxygen atoms in total. The molecule has 4 heteroatoms. The van der Waals surface area contributed by atoms with Crippen LogP contribution in [0, 0.1) is 11.3 Å². The van der Waals surface area contributed by atoms with Crippen molar-refractivity contribution < 1.29 is 4.42 Å². The Morgan fingerprint density at radius 1 is 1.26 bits per heavy atom. The number of furan rings is 1. The van der Waals surface area contributed by atoms with Crippen LogP contribution in [0.5, 0.6) is 0 Å². The molecule has 3 aromatic rings. The second-order valence-corrected chi connectivity index (χ2v) is 6.36. The quantitative estimate of drug-likeness (QED) is 0.589. The fraction of sp³-hybridized carbons (Fsp3) is 0.158. The minimum absolute atomic E-state index is 0.509. The number of benzene rings is 1. The Morgan fingerprint density at radius 2 is 2.04 bits per heavy atom. The van der Waals surface area contributed by atoms with Gasteiger partial charge in [-0.1, -0.05) is 38.1 Å². The van der Waals surface area contributed by atoms with Gasteiger partial charge in [-0.3, -0.25) is 0 Å². The summed E-state index contributed by atoms with van der Waals surface area (Å²) in [6, 6.07) is 14.2. The Labute approximate surface area is 139 Å². The smallest absolute Gasteiger partial charge is 0.134 e. The first-order valence-corrected chi connectivity index (χ1v) is 8.27. The maximum absolute atomic E-state index is 9.36. The summed E-state index contributed by atoms with van der Waals surface area (Å²) in [5.41, 5.74) is 3.77. The van der Waals surface area contributed by atoms with Gasteiger partial charge in [-0.05, 0) is 23.6 Å². The lowest BCUT2D eigenvalue weighted by atomic mass is 10.0. The molecule has 0 unspecified atom stereocenters. The van der Waals surface area contributed by atoms with Gasteiger partial charge in [0, 0.05) is 17.0 Å². The van der Waals surface area contributed by atoms with Crippen molar-refractivity contribution in [2.75, 3.05) is 0 Å². The van der Waals surface area contributed by atoms with Crippen LogP contribution >= 0.6 is 11.3 Å². The average Bonchev–Trinajstić information content (AvgIpc) is 3.24. The third kappa shape index (κ3) is 3.41. The van der Waals surface area contributed by atoms with Crippen molar-refractivity contribution in [2.45, 2.75) is 19.8 Å². The summed E-state index contributed by atoms with van der Waals surface area (Å²) in [5.74, 6) is 1.16. The molecule has 0 atom stereocenters. The van der Waals surface area contributed by atoms with Gasteiger partial charge in [0.15, 0.2) is 0 Å². The van der Waals surface area contributed by atoms with Gasteiger partial charge in [-0.25, -0.2) is 4.98 Å². The minimum Gasteiger partial charge on any atom is -0.465 e. The first-order valence-electron chi connectivity index (χ1n) is 7.39. The number of aromatic nitrogens is 1. The van der Waals surface area contributed by atoms with Crippen molar-refractivity contribution in [1.29, 1.82) is 5.26 Å². The standard InChI is InChI=1S/C19H16N2OS/c1-13(2)14-5-7-15(8-6-14)18-12-23-19(21-18)16(11-20)10-17-4-3-9-22-17/h3-10,12-13H,1-2H3/b16-10+. The Bertz CT molecular complexity index is 850. The van der Waals surface area contributed by atoms with Gasteiger partial charge in [0.2, 0.25) is 0 Å².